The molecule has 0 aromatic heterocycles. The van der Waals surface area contributed by atoms with Crippen molar-refractivity contribution in [1.29, 1.82) is 0 Å². The molecule has 0 radical (unpaired) electrons. The molecule has 0 amide bonds. The molecule has 1 unspecified atom stereocenters. The van der Waals surface area contributed by atoms with Gasteiger partial charge in [0.1, 0.15) is 0 Å². The molecule has 0 N–H and O–H groups in total. The van der Waals surface area contributed by atoms with Crippen LogP contribution in [0.25, 0.3) is 0 Å². The molecule has 0 aliphatic heterocycles. The second-order valence-corrected chi connectivity index (χ2v) is 10.2. The Morgan fingerprint density at radius 2 is 0.844 bits per heavy atom. The Labute approximate surface area is 202 Å². The summed E-state index contributed by atoms with van der Waals surface area (Å²) in [6, 6.07) is 0. The summed E-state index contributed by atoms with van der Waals surface area (Å²) in [6.45, 7) is 9.30. The number of hydrogen-bond donors (Lipinski definition) is 0. The zero-order valence-electron chi connectivity index (χ0n) is 23.2. The summed E-state index contributed by atoms with van der Waals surface area (Å²) in [4.78, 5) is 0. The summed E-state index contributed by atoms with van der Waals surface area (Å²) in [7, 11) is 5.11. The topological polar surface area (TPSA) is 27.7 Å². The Morgan fingerprint density at radius 1 is 0.469 bits per heavy atom. The molecule has 0 saturated heterocycles. The van der Waals surface area contributed by atoms with Gasteiger partial charge >= 0.3 is 0 Å². The minimum atomic E-state index is -0.882. The van der Waals surface area contributed by atoms with Gasteiger partial charge in [0.15, 0.2) is 0 Å². The molecule has 0 spiro atoms. The number of hydrogen-bond acceptors (Lipinski definition) is 3. The molecule has 0 aliphatic carbocycles. The Bertz CT molecular complexity index is 362. The highest BCUT2D eigenvalue weighted by Gasteiger charge is 2.39. The molecule has 32 heavy (non-hydrogen) atoms. The van der Waals surface area contributed by atoms with Gasteiger partial charge in [0.25, 0.3) is 5.97 Å². The normalized spacial score (nSPS) is 13.6. The largest absolute Gasteiger partial charge is 0.331 e. The van der Waals surface area contributed by atoms with E-state index < -0.39 is 5.97 Å². The fourth-order valence-corrected chi connectivity index (χ4v) is 5.52. The first-order valence-corrected chi connectivity index (χ1v) is 14.2. The van der Waals surface area contributed by atoms with E-state index in [0.717, 1.165) is 12.8 Å². The summed E-state index contributed by atoms with van der Waals surface area (Å²) in [6.07, 6.45) is 25.3. The van der Waals surface area contributed by atoms with Crippen molar-refractivity contribution in [2.75, 3.05) is 21.3 Å². The predicted octanol–water partition coefficient (Wildman–Crippen LogP) is 9.67. The van der Waals surface area contributed by atoms with Gasteiger partial charge in [-0.2, -0.15) is 0 Å². The van der Waals surface area contributed by atoms with Crippen LogP contribution in [0.3, 0.4) is 0 Å². The van der Waals surface area contributed by atoms with Crippen LogP contribution in [-0.4, -0.2) is 27.3 Å². The fourth-order valence-electron chi connectivity index (χ4n) is 5.52. The van der Waals surface area contributed by atoms with E-state index in [0.29, 0.717) is 11.3 Å². The minimum Gasteiger partial charge on any atom is -0.331 e. The lowest BCUT2D eigenvalue weighted by Gasteiger charge is -2.36. The number of ether oxygens (including phenoxy) is 3. The smallest absolute Gasteiger partial charge is 0.285 e. The Kier molecular flexibility index (Phi) is 20.2. The van der Waals surface area contributed by atoms with Crippen molar-refractivity contribution in [2.45, 2.75) is 156 Å². The highest BCUT2D eigenvalue weighted by atomic mass is 16.9. The van der Waals surface area contributed by atoms with E-state index in [1.165, 1.54) is 109 Å². The van der Waals surface area contributed by atoms with Gasteiger partial charge in [-0.05, 0) is 43.9 Å². The number of rotatable bonds is 24. The lowest BCUT2D eigenvalue weighted by molar-refractivity contribution is -0.380. The Balaban J connectivity index is 4.55. The third-order valence-corrected chi connectivity index (χ3v) is 7.70. The Hall–Kier alpha value is -0.120. The Morgan fingerprint density at radius 3 is 1.28 bits per heavy atom. The molecule has 0 aliphatic rings. The molecule has 1 atom stereocenters. The molecular weight excluding hydrogens is 396 g/mol. The molecular formula is C29H60O3. The molecule has 194 valence electrons. The van der Waals surface area contributed by atoms with Crippen LogP contribution >= 0.6 is 0 Å². The average molecular weight is 457 g/mol. The van der Waals surface area contributed by atoms with E-state index >= 15 is 0 Å². The summed E-state index contributed by atoms with van der Waals surface area (Å²) in [5.74, 6) is -0.584. The van der Waals surface area contributed by atoms with Crippen molar-refractivity contribution < 1.29 is 14.2 Å². The highest BCUT2D eigenvalue weighted by Crippen LogP contribution is 2.41. The van der Waals surface area contributed by atoms with Gasteiger partial charge in [0, 0.05) is 27.2 Å². The van der Waals surface area contributed by atoms with Gasteiger partial charge in [-0.3, -0.25) is 0 Å². The van der Waals surface area contributed by atoms with E-state index in [1.54, 1.807) is 21.3 Å². The quantitative estimate of drug-likeness (QED) is 0.107. The fraction of sp³-hybridized carbons (Fsp3) is 1.00. The van der Waals surface area contributed by atoms with Crippen LogP contribution in [0.15, 0.2) is 0 Å². The summed E-state index contributed by atoms with van der Waals surface area (Å²) in [5.41, 5.74) is 0.627. The van der Waals surface area contributed by atoms with E-state index in [1.807, 2.05) is 0 Å². The lowest BCUT2D eigenvalue weighted by atomic mass is 9.71. The van der Waals surface area contributed by atoms with Crippen molar-refractivity contribution >= 4 is 0 Å². The third-order valence-electron chi connectivity index (χ3n) is 7.70. The van der Waals surface area contributed by atoms with E-state index in [4.69, 9.17) is 14.2 Å². The summed E-state index contributed by atoms with van der Waals surface area (Å²) >= 11 is 0. The summed E-state index contributed by atoms with van der Waals surface area (Å²) < 4.78 is 17.0. The monoisotopic (exact) mass is 456 g/mol. The van der Waals surface area contributed by atoms with Crippen molar-refractivity contribution in [3.63, 3.8) is 0 Å². The van der Waals surface area contributed by atoms with Crippen LogP contribution in [0.1, 0.15) is 150 Å². The van der Waals surface area contributed by atoms with E-state index in [-0.39, 0.29) is 0 Å². The molecule has 0 heterocycles. The first kappa shape index (κ1) is 31.9. The first-order chi connectivity index (χ1) is 15.5. The number of unbranched alkanes of at least 4 members (excludes halogenated alkanes) is 8. The first-order valence-electron chi connectivity index (χ1n) is 14.2. The van der Waals surface area contributed by atoms with Crippen LogP contribution in [0.5, 0.6) is 0 Å². The van der Waals surface area contributed by atoms with Gasteiger partial charge in [0.2, 0.25) is 0 Å². The summed E-state index contributed by atoms with van der Waals surface area (Å²) in [5, 5.41) is 0. The van der Waals surface area contributed by atoms with Gasteiger partial charge < -0.3 is 14.2 Å². The maximum atomic E-state index is 5.68. The van der Waals surface area contributed by atoms with Crippen LogP contribution in [0.4, 0.5) is 0 Å². The maximum Gasteiger partial charge on any atom is 0.285 e. The van der Waals surface area contributed by atoms with Crippen LogP contribution in [-0.2, 0) is 14.2 Å². The standard InChI is InChI=1S/C29H60O3/c1-8-12-21-27(29(30-5,31-6)32-7)22-19-17-16-18-20-26-28(23-13-9-2,24-14-10-3)25-15-11-4/h27H,8-26H2,1-7H3. The van der Waals surface area contributed by atoms with Crippen LogP contribution < -0.4 is 0 Å². The van der Waals surface area contributed by atoms with Crippen molar-refractivity contribution in [1.82, 2.24) is 0 Å². The van der Waals surface area contributed by atoms with Gasteiger partial charge in [-0.1, -0.05) is 111 Å². The van der Waals surface area contributed by atoms with E-state index in [2.05, 4.69) is 27.7 Å². The van der Waals surface area contributed by atoms with Crippen LogP contribution in [0, 0.1) is 11.3 Å². The SMILES string of the molecule is CCCCC(CCCCCCCC(CCCC)(CCCC)CCCC)C(OC)(OC)OC. The molecule has 3 nitrogen and oxygen atoms in total. The van der Waals surface area contributed by atoms with Crippen molar-refractivity contribution in [3.05, 3.63) is 0 Å². The third kappa shape index (κ3) is 12.4. The molecule has 0 bridgehead atoms. The predicted molar refractivity (Wildman–Crippen MR) is 140 cm³/mol. The molecule has 0 rings (SSSR count). The van der Waals surface area contributed by atoms with Crippen LogP contribution in [0.2, 0.25) is 0 Å². The maximum absolute atomic E-state index is 5.68. The van der Waals surface area contributed by atoms with Crippen molar-refractivity contribution in [2.24, 2.45) is 11.3 Å². The van der Waals surface area contributed by atoms with Gasteiger partial charge in [-0.25, -0.2) is 0 Å². The second kappa shape index (κ2) is 20.3. The molecule has 0 fully saturated rings. The molecule has 0 aromatic rings. The zero-order chi connectivity index (χ0) is 24.1. The number of methoxy groups -OCH3 is 3. The van der Waals surface area contributed by atoms with E-state index in [9.17, 15) is 0 Å². The molecule has 0 aromatic carbocycles. The lowest BCUT2D eigenvalue weighted by Crippen LogP contribution is -2.44. The zero-order valence-corrected chi connectivity index (χ0v) is 23.2. The second-order valence-electron chi connectivity index (χ2n) is 10.2. The average Bonchev–Trinajstić information content (AvgIpc) is 2.83. The van der Waals surface area contributed by atoms with Gasteiger partial charge in [0.05, 0.1) is 0 Å². The minimum absolute atomic E-state index is 0.298. The highest BCUT2D eigenvalue weighted by molar-refractivity contribution is 4.80. The van der Waals surface area contributed by atoms with Crippen molar-refractivity contribution in [3.8, 4) is 0 Å². The van der Waals surface area contributed by atoms with Gasteiger partial charge in [-0.15, -0.1) is 0 Å². The molecule has 0 saturated carbocycles. The molecule has 3 heteroatoms.